The van der Waals surface area contributed by atoms with Gasteiger partial charge in [-0.15, -0.1) is 0 Å². The molecule has 24 heavy (non-hydrogen) atoms. The molecule has 0 aliphatic heterocycles. The van der Waals surface area contributed by atoms with Crippen molar-refractivity contribution in [2.24, 2.45) is 27.4 Å². The topological polar surface area (TPSA) is 77.3 Å². The fraction of sp³-hybridized carbons (Fsp3) is 0.667. The quantitative estimate of drug-likeness (QED) is 0.179. The monoisotopic (exact) mass is 336 g/mol. The number of ether oxygens (including phenoxy) is 1. The van der Waals surface area contributed by atoms with Crippen molar-refractivity contribution in [3.63, 3.8) is 0 Å². The van der Waals surface area contributed by atoms with Crippen LogP contribution in [-0.2, 0) is 19.2 Å². The van der Waals surface area contributed by atoms with Gasteiger partial charge in [-0.2, -0.15) is 0 Å². The van der Waals surface area contributed by atoms with E-state index in [-0.39, 0.29) is 12.4 Å². The smallest absolute Gasteiger partial charge is 0.316 e. The third-order valence-corrected chi connectivity index (χ3v) is 4.26. The Morgan fingerprint density at radius 3 is 2.62 bits per heavy atom. The van der Waals surface area contributed by atoms with Gasteiger partial charge in [0.1, 0.15) is 12.5 Å². The van der Waals surface area contributed by atoms with Gasteiger partial charge >= 0.3 is 5.97 Å². The Kier molecular flexibility index (Phi) is 7.32. The summed E-state index contributed by atoms with van der Waals surface area (Å²) < 4.78 is 4.87. The molecule has 1 fully saturated rings. The van der Waals surface area contributed by atoms with E-state index in [1.54, 1.807) is 13.1 Å². The van der Waals surface area contributed by atoms with E-state index in [0.29, 0.717) is 18.6 Å². The van der Waals surface area contributed by atoms with Crippen LogP contribution in [0.3, 0.4) is 0 Å². The molecule has 1 aliphatic rings. The van der Waals surface area contributed by atoms with E-state index < -0.39 is 23.2 Å². The zero-order valence-corrected chi connectivity index (χ0v) is 15.3. The molecule has 2 atom stereocenters. The molecule has 0 aromatic rings. The van der Waals surface area contributed by atoms with E-state index >= 15 is 0 Å². The number of carbonyl (C=O) groups excluding carboxylic acids is 2. The van der Waals surface area contributed by atoms with E-state index in [1.165, 1.54) is 7.11 Å². The van der Waals surface area contributed by atoms with Crippen LogP contribution in [0.5, 0.6) is 0 Å². The van der Waals surface area contributed by atoms with E-state index in [4.69, 9.17) is 9.57 Å². The van der Waals surface area contributed by atoms with E-state index in [0.717, 1.165) is 12.1 Å². The van der Waals surface area contributed by atoms with Crippen LogP contribution in [0.4, 0.5) is 0 Å². The number of carbonyl (C=O) groups is 2. The standard InChI is InChI=1S/C18H28N2O4/c1-7-9-12(20-24-10-8-2)14-13(19-5)11-18(3,4)15(16(14)21)17(22)23-6/h8,14-15H,2,7,9-11H2,1,3-6H3/b19-13?,20-12+/t14-,15+/m1/s1. The molecule has 0 bridgehead atoms. The second-order valence-electron chi connectivity index (χ2n) is 6.59. The molecule has 0 radical (unpaired) electrons. The maximum Gasteiger partial charge on any atom is 0.316 e. The molecule has 0 heterocycles. The average Bonchev–Trinajstić information content (AvgIpc) is 2.53. The highest BCUT2D eigenvalue weighted by Crippen LogP contribution is 2.41. The molecule has 0 N–H and O–H groups in total. The van der Waals surface area contributed by atoms with Gasteiger partial charge in [-0.3, -0.25) is 14.6 Å². The number of methoxy groups -OCH3 is 1. The molecule has 1 aliphatic carbocycles. The van der Waals surface area contributed by atoms with Crippen LogP contribution in [0.25, 0.3) is 0 Å². The van der Waals surface area contributed by atoms with Gasteiger partial charge in [0.05, 0.1) is 18.7 Å². The van der Waals surface area contributed by atoms with Gasteiger partial charge in [0, 0.05) is 12.8 Å². The first-order valence-corrected chi connectivity index (χ1v) is 8.20. The Balaban J connectivity index is 3.30. The second kappa shape index (κ2) is 8.76. The van der Waals surface area contributed by atoms with Crippen molar-refractivity contribution in [1.82, 2.24) is 0 Å². The molecule has 0 spiro atoms. The molecular formula is C18H28N2O4. The highest BCUT2D eigenvalue weighted by atomic mass is 16.6. The van der Waals surface area contributed by atoms with Gasteiger partial charge in [-0.05, 0) is 18.3 Å². The molecule has 1 rings (SSSR count). The number of oxime groups is 1. The number of esters is 1. The number of aliphatic imine (C=N–C) groups is 1. The number of hydrogen-bond donors (Lipinski definition) is 0. The summed E-state index contributed by atoms with van der Waals surface area (Å²) in [6, 6.07) is 0. The first kappa shape index (κ1) is 20.1. The van der Waals surface area contributed by atoms with Crippen LogP contribution in [0.1, 0.15) is 40.0 Å². The van der Waals surface area contributed by atoms with E-state index in [9.17, 15) is 9.59 Å². The van der Waals surface area contributed by atoms with E-state index in [1.807, 2.05) is 20.8 Å². The number of hydrogen-bond acceptors (Lipinski definition) is 6. The minimum Gasteiger partial charge on any atom is -0.468 e. The van der Waals surface area contributed by atoms with Gasteiger partial charge in [-0.25, -0.2) is 0 Å². The molecule has 6 nitrogen and oxygen atoms in total. The number of Topliss-reactive ketones (excluding diaryl/α,β-unsaturated/α-hetero) is 1. The lowest BCUT2D eigenvalue weighted by Gasteiger charge is -2.40. The van der Waals surface area contributed by atoms with Crippen molar-refractivity contribution in [1.29, 1.82) is 0 Å². The van der Waals surface area contributed by atoms with Gasteiger partial charge < -0.3 is 9.57 Å². The second-order valence-corrected chi connectivity index (χ2v) is 6.59. The summed E-state index contributed by atoms with van der Waals surface area (Å²) in [7, 11) is 2.97. The third kappa shape index (κ3) is 4.30. The molecule has 0 aromatic carbocycles. The number of nitrogens with zero attached hydrogens (tertiary/aromatic N) is 2. The van der Waals surface area contributed by atoms with Crippen molar-refractivity contribution in [2.75, 3.05) is 20.8 Å². The normalized spacial score (nSPS) is 25.5. The average molecular weight is 336 g/mol. The summed E-state index contributed by atoms with van der Waals surface area (Å²) in [6.07, 6.45) is 3.53. The van der Waals surface area contributed by atoms with Gasteiger partial charge in [0.25, 0.3) is 0 Å². The zero-order chi connectivity index (χ0) is 18.3. The lowest BCUT2D eigenvalue weighted by Crippen LogP contribution is -2.52. The molecule has 0 aromatic heterocycles. The van der Waals surface area contributed by atoms with Crippen LogP contribution >= 0.6 is 0 Å². The van der Waals surface area contributed by atoms with Gasteiger partial charge in [-0.1, -0.05) is 45.0 Å². The lowest BCUT2D eigenvalue weighted by molar-refractivity contribution is -0.155. The highest BCUT2D eigenvalue weighted by molar-refractivity contribution is 6.27. The largest absolute Gasteiger partial charge is 0.468 e. The minimum atomic E-state index is -0.834. The first-order valence-electron chi connectivity index (χ1n) is 8.20. The molecule has 134 valence electrons. The summed E-state index contributed by atoms with van der Waals surface area (Å²) in [5.74, 6) is -2.18. The fourth-order valence-corrected chi connectivity index (χ4v) is 3.18. The Bertz CT molecular complexity index is 549. The maximum absolute atomic E-state index is 13.1. The molecule has 1 saturated carbocycles. The Labute approximate surface area is 144 Å². The van der Waals surface area contributed by atoms with Gasteiger partial charge in [0.15, 0.2) is 5.78 Å². The summed E-state index contributed by atoms with van der Waals surface area (Å²) in [4.78, 5) is 34.9. The summed E-state index contributed by atoms with van der Waals surface area (Å²) in [5.41, 5.74) is 0.795. The van der Waals surface area contributed by atoms with Crippen LogP contribution in [0, 0.1) is 17.3 Å². The fourth-order valence-electron chi connectivity index (χ4n) is 3.18. The minimum absolute atomic E-state index is 0.215. The lowest BCUT2D eigenvalue weighted by atomic mass is 9.62. The molecule has 6 heteroatoms. The molecule has 0 amide bonds. The summed E-state index contributed by atoms with van der Waals surface area (Å²) in [6.45, 7) is 9.62. The molecule has 0 unspecified atom stereocenters. The van der Waals surface area contributed by atoms with Crippen molar-refractivity contribution in [3.8, 4) is 0 Å². The van der Waals surface area contributed by atoms with Crippen LogP contribution in [0.15, 0.2) is 22.8 Å². The van der Waals surface area contributed by atoms with Crippen molar-refractivity contribution < 1.29 is 19.2 Å². The Hall–Kier alpha value is -1.98. The van der Waals surface area contributed by atoms with Crippen LogP contribution < -0.4 is 0 Å². The van der Waals surface area contributed by atoms with Crippen molar-refractivity contribution in [2.45, 2.75) is 40.0 Å². The van der Waals surface area contributed by atoms with Gasteiger partial charge in [0.2, 0.25) is 0 Å². The van der Waals surface area contributed by atoms with Crippen molar-refractivity contribution in [3.05, 3.63) is 12.7 Å². The first-order chi connectivity index (χ1) is 11.3. The molecule has 0 saturated heterocycles. The van der Waals surface area contributed by atoms with Crippen LogP contribution in [-0.4, -0.2) is 43.9 Å². The summed E-state index contributed by atoms with van der Waals surface area (Å²) >= 11 is 0. The summed E-state index contributed by atoms with van der Waals surface area (Å²) in [5, 5.41) is 4.13. The predicted octanol–water partition coefficient (Wildman–Crippen LogP) is 2.82. The highest BCUT2D eigenvalue weighted by Gasteiger charge is 2.52. The number of rotatable bonds is 7. The predicted molar refractivity (Wildman–Crippen MR) is 94.3 cm³/mol. The number of ketones is 1. The SMILES string of the molecule is C=CCO/N=C(\CCC)[C@H]1C(=O)[C@@H](C(=O)OC)C(C)(C)CC1=NC. The Morgan fingerprint density at radius 2 is 2.12 bits per heavy atom. The van der Waals surface area contributed by atoms with E-state index in [2.05, 4.69) is 16.7 Å². The van der Waals surface area contributed by atoms with Crippen LogP contribution in [0.2, 0.25) is 0 Å². The zero-order valence-electron chi connectivity index (χ0n) is 15.3. The third-order valence-electron chi connectivity index (χ3n) is 4.26. The van der Waals surface area contributed by atoms with Crippen molar-refractivity contribution >= 4 is 23.2 Å². The maximum atomic E-state index is 13.1. The molecular weight excluding hydrogens is 308 g/mol. The Morgan fingerprint density at radius 1 is 1.46 bits per heavy atom.